The molecular formula is C27H29ClN6O6S. The highest BCUT2D eigenvalue weighted by Gasteiger charge is 2.54. The highest BCUT2D eigenvalue weighted by molar-refractivity contribution is 7.89. The number of fused-ring (bicyclic) bond motifs is 1. The topological polar surface area (TPSA) is 163 Å². The smallest absolute Gasteiger partial charge is 0.407 e. The van der Waals surface area contributed by atoms with Crippen LogP contribution in [0.25, 0.3) is 0 Å². The van der Waals surface area contributed by atoms with Crippen LogP contribution in [0.5, 0.6) is 0 Å². The van der Waals surface area contributed by atoms with Gasteiger partial charge in [0, 0.05) is 30.5 Å². The zero-order chi connectivity index (χ0) is 29.4. The summed E-state index contributed by atoms with van der Waals surface area (Å²) in [5.74, 6) is 0.234. The van der Waals surface area contributed by atoms with Crippen molar-refractivity contribution in [3.05, 3.63) is 64.3 Å². The lowest BCUT2D eigenvalue weighted by atomic mass is 9.97. The average Bonchev–Trinajstić information content (AvgIpc) is 3.76. The van der Waals surface area contributed by atoms with Gasteiger partial charge in [-0.3, -0.25) is 4.79 Å². The molecule has 0 bridgehead atoms. The number of aromatic nitrogens is 2. The van der Waals surface area contributed by atoms with E-state index >= 15 is 0 Å². The minimum Gasteiger partial charge on any atom is -0.465 e. The number of rotatable bonds is 9. The normalized spacial score (nSPS) is 15.5. The van der Waals surface area contributed by atoms with E-state index in [1.807, 2.05) is 6.07 Å². The molecule has 0 unspecified atom stereocenters. The van der Waals surface area contributed by atoms with E-state index < -0.39 is 21.5 Å². The maximum atomic E-state index is 12.9. The summed E-state index contributed by atoms with van der Waals surface area (Å²) in [4.78, 5) is 34.9. The second kappa shape index (κ2) is 11.1. The molecule has 0 spiro atoms. The fourth-order valence-corrected chi connectivity index (χ4v) is 5.76. The monoisotopic (exact) mass is 600 g/mol. The second-order valence-electron chi connectivity index (χ2n) is 9.80. The number of ether oxygens (including phenoxy) is 1. The minimum absolute atomic E-state index is 0.114. The lowest BCUT2D eigenvalue weighted by Gasteiger charge is -2.27. The molecule has 41 heavy (non-hydrogen) atoms. The van der Waals surface area contributed by atoms with E-state index in [-0.39, 0.29) is 30.0 Å². The first kappa shape index (κ1) is 28.6. The van der Waals surface area contributed by atoms with Crippen molar-refractivity contribution in [2.45, 2.75) is 43.0 Å². The Morgan fingerprint density at radius 1 is 1.15 bits per heavy atom. The average molecular weight is 601 g/mol. The number of sulfonamides is 1. The van der Waals surface area contributed by atoms with Gasteiger partial charge in [0.2, 0.25) is 16.0 Å². The van der Waals surface area contributed by atoms with Crippen molar-refractivity contribution in [3.8, 4) is 0 Å². The van der Waals surface area contributed by atoms with Crippen LogP contribution in [-0.4, -0.2) is 60.7 Å². The van der Waals surface area contributed by atoms with Gasteiger partial charge >= 0.3 is 12.1 Å². The number of hydrogen-bond donors (Lipinski definition) is 4. The number of benzene rings is 2. The molecule has 0 radical (unpaired) electrons. The van der Waals surface area contributed by atoms with Crippen LogP contribution in [0.1, 0.15) is 36.5 Å². The number of anilines is 4. The quantitative estimate of drug-likeness (QED) is 0.262. The van der Waals surface area contributed by atoms with Crippen LogP contribution < -0.4 is 15.4 Å². The van der Waals surface area contributed by atoms with Gasteiger partial charge in [0.05, 0.1) is 27.6 Å². The number of amides is 1. The summed E-state index contributed by atoms with van der Waals surface area (Å²) in [5, 5.41) is 16.1. The van der Waals surface area contributed by atoms with E-state index in [4.69, 9.17) is 16.3 Å². The predicted octanol–water partition coefficient (Wildman–Crippen LogP) is 4.16. The molecule has 5 rings (SSSR count). The van der Waals surface area contributed by atoms with Gasteiger partial charge in [0.1, 0.15) is 5.82 Å². The fourth-order valence-electron chi connectivity index (χ4n) is 4.80. The van der Waals surface area contributed by atoms with E-state index in [2.05, 4.69) is 25.3 Å². The van der Waals surface area contributed by atoms with Crippen LogP contribution in [0, 0.1) is 0 Å². The molecule has 1 aromatic heterocycles. The summed E-state index contributed by atoms with van der Waals surface area (Å²) >= 11 is 6.63. The number of carboxylic acid groups (broad SMARTS) is 1. The Labute approximate surface area is 242 Å². The third-order valence-corrected chi connectivity index (χ3v) is 8.98. The Morgan fingerprint density at radius 3 is 2.51 bits per heavy atom. The molecule has 1 aliphatic carbocycles. The van der Waals surface area contributed by atoms with Crippen LogP contribution in [0.3, 0.4) is 0 Å². The number of carbonyl (C=O) groups excluding carboxylic acids is 1. The van der Waals surface area contributed by atoms with Gasteiger partial charge in [0.15, 0.2) is 0 Å². The molecule has 1 aliphatic heterocycles. The van der Waals surface area contributed by atoms with Gasteiger partial charge in [-0.25, -0.2) is 22.9 Å². The standard InChI is InChI=1S/C27H29ClN6O6S/c1-3-40-24(35)27(9-10-27)20-14-30-25(31-18-4-6-19(7-5-18)41(38,39)29-2)33-23(20)32-22-13-16-8-11-34(26(36)37)15-17(16)12-21(22)28/h4-7,12-14,29H,3,8-11,15H2,1-2H3,(H,36,37)(H2,30,31,32,33). The number of hydrogen-bond acceptors (Lipinski definition) is 9. The van der Waals surface area contributed by atoms with Crippen molar-refractivity contribution in [3.63, 3.8) is 0 Å². The Bertz CT molecular complexity index is 1610. The molecular weight excluding hydrogens is 572 g/mol. The van der Waals surface area contributed by atoms with E-state index in [9.17, 15) is 23.1 Å². The summed E-state index contributed by atoms with van der Waals surface area (Å²) in [5.41, 5.74) is 2.60. The van der Waals surface area contributed by atoms with Crippen molar-refractivity contribution >= 4 is 56.8 Å². The second-order valence-corrected chi connectivity index (χ2v) is 12.1. The van der Waals surface area contributed by atoms with Gasteiger partial charge in [-0.1, -0.05) is 11.6 Å². The van der Waals surface area contributed by atoms with E-state index in [1.165, 1.54) is 24.1 Å². The Balaban J connectivity index is 1.48. The van der Waals surface area contributed by atoms with E-state index in [0.717, 1.165) is 11.1 Å². The SMILES string of the molecule is CCOC(=O)C1(c2cnc(Nc3ccc(S(=O)(=O)NC)cc3)nc2Nc2cc3c(cc2Cl)CN(C(=O)O)CC3)CC1. The van der Waals surface area contributed by atoms with Gasteiger partial charge in [-0.05, 0) is 80.8 Å². The molecule has 0 atom stereocenters. The Morgan fingerprint density at radius 2 is 1.88 bits per heavy atom. The molecule has 0 saturated heterocycles. The molecule has 1 fully saturated rings. The van der Waals surface area contributed by atoms with Gasteiger partial charge in [-0.15, -0.1) is 0 Å². The van der Waals surface area contributed by atoms with Crippen LogP contribution in [-0.2, 0) is 37.9 Å². The number of nitrogens with one attached hydrogen (secondary N) is 3. The van der Waals surface area contributed by atoms with Crippen molar-refractivity contribution in [2.75, 3.05) is 30.8 Å². The third-order valence-electron chi connectivity index (χ3n) is 7.24. The molecule has 14 heteroatoms. The molecule has 3 aromatic rings. The van der Waals surface area contributed by atoms with Crippen molar-refractivity contribution in [1.29, 1.82) is 0 Å². The Kier molecular flexibility index (Phi) is 7.77. The van der Waals surface area contributed by atoms with Gasteiger partial charge < -0.3 is 25.4 Å². The summed E-state index contributed by atoms with van der Waals surface area (Å²) in [6, 6.07) is 9.72. The van der Waals surface area contributed by atoms with Crippen LogP contribution >= 0.6 is 11.6 Å². The zero-order valence-corrected chi connectivity index (χ0v) is 24.0. The maximum Gasteiger partial charge on any atom is 0.407 e. The number of halogens is 1. The van der Waals surface area contributed by atoms with Crippen molar-refractivity contribution < 1.29 is 27.9 Å². The summed E-state index contributed by atoms with van der Waals surface area (Å²) in [6.45, 7) is 2.61. The summed E-state index contributed by atoms with van der Waals surface area (Å²) in [7, 11) is -2.24. The zero-order valence-electron chi connectivity index (χ0n) is 22.4. The lowest BCUT2D eigenvalue weighted by molar-refractivity contribution is -0.146. The highest BCUT2D eigenvalue weighted by atomic mass is 35.5. The molecule has 216 valence electrons. The summed E-state index contributed by atoms with van der Waals surface area (Å²) in [6.07, 6.45) is 2.30. The third kappa shape index (κ3) is 5.78. The summed E-state index contributed by atoms with van der Waals surface area (Å²) < 4.78 is 31.7. The first-order valence-corrected chi connectivity index (χ1v) is 14.8. The molecule has 2 heterocycles. The highest BCUT2D eigenvalue weighted by Crippen LogP contribution is 2.52. The molecule has 4 N–H and O–H groups in total. The van der Waals surface area contributed by atoms with Crippen LogP contribution in [0.4, 0.5) is 27.9 Å². The molecule has 12 nitrogen and oxygen atoms in total. The number of nitrogens with zero attached hydrogens (tertiary/aromatic N) is 3. The Hall–Kier alpha value is -3.94. The van der Waals surface area contributed by atoms with Crippen molar-refractivity contribution in [1.82, 2.24) is 19.6 Å². The van der Waals surface area contributed by atoms with Gasteiger partial charge in [-0.2, -0.15) is 4.98 Å². The first-order chi connectivity index (χ1) is 19.6. The van der Waals surface area contributed by atoms with E-state index in [1.54, 1.807) is 31.3 Å². The van der Waals surface area contributed by atoms with Crippen LogP contribution in [0.15, 0.2) is 47.5 Å². The van der Waals surface area contributed by atoms with Crippen molar-refractivity contribution in [2.24, 2.45) is 0 Å². The largest absolute Gasteiger partial charge is 0.465 e. The number of esters is 1. The lowest BCUT2D eigenvalue weighted by Crippen LogP contribution is -2.34. The molecule has 1 amide bonds. The fraction of sp³-hybridized carbons (Fsp3) is 0.333. The van der Waals surface area contributed by atoms with Crippen LogP contribution in [0.2, 0.25) is 5.02 Å². The molecule has 1 saturated carbocycles. The first-order valence-electron chi connectivity index (χ1n) is 13.0. The molecule has 2 aliphatic rings. The van der Waals surface area contributed by atoms with Gasteiger partial charge in [0.25, 0.3) is 0 Å². The maximum absolute atomic E-state index is 12.9. The van der Waals surface area contributed by atoms with E-state index in [0.29, 0.717) is 53.6 Å². The predicted molar refractivity (Wildman–Crippen MR) is 152 cm³/mol. The minimum atomic E-state index is -3.58. The molecule has 2 aromatic carbocycles. The number of carbonyl (C=O) groups is 2.